The minimum Gasteiger partial charge on any atom is -0.390 e. The van der Waals surface area contributed by atoms with E-state index in [1.54, 1.807) is 0 Å². The predicted octanol–water partition coefficient (Wildman–Crippen LogP) is 2.54. The topological polar surface area (TPSA) is 279 Å². The van der Waals surface area contributed by atoms with Gasteiger partial charge < -0.3 is 62.9 Å². The number of benzene rings is 2. The number of thiocarbonyl (C=S) groups is 2. The van der Waals surface area contributed by atoms with Crippen LogP contribution in [-0.2, 0) is 49.4 Å². The number of nitrogens with zero attached hydrogens (tertiary/aromatic N) is 1. The second kappa shape index (κ2) is 38.4. The number of primary amides is 1. The van der Waals surface area contributed by atoms with E-state index in [4.69, 9.17) is 50.1 Å². The summed E-state index contributed by atoms with van der Waals surface area (Å²) < 4.78 is 16.4. The molecule has 70 heavy (non-hydrogen) atoms. The Kier molecular flexibility index (Phi) is 33.3. The Morgan fingerprint density at radius 3 is 1.86 bits per heavy atom. The van der Waals surface area contributed by atoms with E-state index in [1.165, 1.54) is 6.34 Å². The number of carbonyl (C=O) groups is 6. The van der Waals surface area contributed by atoms with Gasteiger partial charge in [0, 0.05) is 52.2 Å². The van der Waals surface area contributed by atoms with Crippen LogP contribution in [0.1, 0.15) is 103 Å². The number of carbonyl (C=O) groups excluding carboxylic acids is 6. The molecule has 0 aliphatic carbocycles. The van der Waals surface area contributed by atoms with Crippen molar-refractivity contribution >= 4 is 87.0 Å². The highest BCUT2D eigenvalue weighted by molar-refractivity contribution is 7.80. The van der Waals surface area contributed by atoms with E-state index in [0.29, 0.717) is 76.5 Å². The Hall–Kier alpha value is -5.35. The summed E-state index contributed by atoms with van der Waals surface area (Å²) in [6, 6.07) is 11.2. The summed E-state index contributed by atoms with van der Waals surface area (Å²) in [6.45, 7) is 7.52. The third-order valence-electron chi connectivity index (χ3n) is 10.8. The number of aliphatic imine (C=N–C) groups is 1. The van der Waals surface area contributed by atoms with Gasteiger partial charge in [0.2, 0.25) is 35.4 Å². The maximum atomic E-state index is 13.9. The number of nitrogens with two attached hydrogens (primary N) is 2. The Labute approximate surface area is 424 Å². The molecule has 21 heteroatoms. The van der Waals surface area contributed by atoms with E-state index in [9.17, 15) is 28.8 Å². The van der Waals surface area contributed by atoms with Gasteiger partial charge in [-0.1, -0.05) is 54.7 Å². The molecule has 0 heterocycles. The molecule has 0 radical (unpaired) electrons. The second-order valence-electron chi connectivity index (χ2n) is 16.7. The van der Waals surface area contributed by atoms with Gasteiger partial charge in [0.1, 0.15) is 18.1 Å². The Morgan fingerprint density at radius 1 is 0.614 bits per heavy atom. The van der Waals surface area contributed by atoms with Gasteiger partial charge in [-0.25, -0.2) is 0 Å². The number of nitrogens with one attached hydrogen (secondary N) is 7. The van der Waals surface area contributed by atoms with E-state index >= 15 is 0 Å². The van der Waals surface area contributed by atoms with E-state index < -0.39 is 41.8 Å². The smallest absolute Gasteiger partial charge is 0.243 e. The van der Waals surface area contributed by atoms with Crippen molar-refractivity contribution in [3.63, 3.8) is 0 Å². The predicted molar refractivity (Wildman–Crippen MR) is 281 cm³/mol. The zero-order valence-corrected chi connectivity index (χ0v) is 42.8. The van der Waals surface area contributed by atoms with Gasteiger partial charge in [-0.15, -0.1) is 0 Å². The molecule has 0 saturated heterocycles. The molecule has 2 aromatic rings. The van der Waals surface area contributed by atoms with Gasteiger partial charge >= 0.3 is 0 Å². The average Bonchev–Trinajstić information content (AvgIpc) is 3.33. The maximum Gasteiger partial charge on any atom is 0.243 e. The summed E-state index contributed by atoms with van der Waals surface area (Å²) in [5, 5.41) is 23.1. The number of hydrogen-bond donors (Lipinski definition) is 9. The largest absolute Gasteiger partial charge is 0.390 e. The Bertz CT molecular complexity index is 1940. The first-order valence-electron chi connectivity index (χ1n) is 24.5. The first kappa shape index (κ1) is 60.8. The number of hydrogen-bond acceptors (Lipinski definition) is 12. The molecule has 2 rings (SSSR count). The normalized spacial score (nSPS) is 12.4. The molecular weight excluding hydrogens is 937 g/mol. The van der Waals surface area contributed by atoms with E-state index in [1.807, 2.05) is 56.3 Å². The lowest BCUT2D eigenvalue weighted by atomic mass is 10.1. The molecule has 0 saturated carbocycles. The van der Waals surface area contributed by atoms with Crippen LogP contribution in [0, 0.1) is 0 Å². The van der Waals surface area contributed by atoms with Crippen molar-refractivity contribution in [1.82, 2.24) is 37.2 Å². The lowest BCUT2D eigenvalue weighted by Gasteiger charge is -2.23. The molecule has 0 aliphatic rings. The summed E-state index contributed by atoms with van der Waals surface area (Å²) in [5.41, 5.74) is 11.9. The zero-order valence-electron chi connectivity index (χ0n) is 41.1. The molecule has 0 bridgehead atoms. The fraction of sp³-hybridized carbons (Fsp3) is 0.612. The molecule has 0 aromatic heterocycles. The summed E-state index contributed by atoms with van der Waals surface area (Å²) in [6.07, 6.45) is 7.77. The molecule has 0 fully saturated rings. The van der Waals surface area contributed by atoms with Gasteiger partial charge in [0.25, 0.3) is 0 Å². The van der Waals surface area contributed by atoms with Gasteiger partial charge in [-0.2, -0.15) is 0 Å². The summed E-state index contributed by atoms with van der Waals surface area (Å²) >= 11 is 10.5. The van der Waals surface area contributed by atoms with Crippen molar-refractivity contribution in [3.8, 4) is 0 Å². The average molecular weight is 1020 g/mol. The van der Waals surface area contributed by atoms with Crippen LogP contribution in [0.25, 0.3) is 10.8 Å². The number of fused-ring (bicyclic) bond motifs is 1. The number of ether oxygens (including phenoxy) is 3. The van der Waals surface area contributed by atoms with Crippen LogP contribution in [0.4, 0.5) is 0 Å². The van der Waals surface area contributed by atoms with Crippen LogP contribution < -0.4 is 48.7 Å². The minimum absolute atomic E-state index is 0.0191. The molecule has 3 atom stereocenters. The van der Waals surface area contributed by atoms with Crippen molar-refractivity contribution in [2.24, 2.45) is 16.5 Å². The molecule has 3 unspecified atom stereocenters. The van der Waals surface area contributed by atoms with Crippen LogP contribution in [-0.4, -0.2) is 142 Å². The molecule has 0 aliphatic heterocycles. The minimum atomic E-state index is -0.950. The monoisotopic (exact) mass is 1010 g/mol. The SMILES string of the molecule is CCOCCC(=O)NC(CCCCNC(=O)C(CCCN=CN)NC(=O)C(CCCCNC(=S)NCCCCC(C)=S)NC(=O)CCOCCOCCNC(=O)Cc1ccc2ccccc2c1)C(N)=O. The summed E-state index contributed by atoms with van der Waals surface area (Å²) in [5.74, 6) is -2.44. The molecular formula is C49H78N10O9S2. The molecule has 390 valence electrons. The number of rotatable bonds is 40. The van der Waals surface area contributed by atoms with Crippen LogP contribution in [0.5, 0.6) is 0 Å². The first-order chi connectivity index (χ1) is 33.8. The molecule has 2 aromatic carbocycles. The summed E-state index contributed by atoms with van der Waals surface area (Å²) in [4.78, 5) is 82.2. The molecule has 19 nitrogen and oxygen atoms in total. The second-order valence-corrected chi connectivity index (χ2v) is 17.8. The van der Waals surface area contributed by atoms with E-state index in [-0.39, 0.29) is 76.9 Å². The van der Waals surface area contributed by atoms with Crippen LogP contribution in [0.15, 0.2) is 47.5 Å². The van der Waals surface area contributed by atoms with Crippen molar-refractivity contribution in [1.29, 1.82) is 0 Å². The van der Waals surface area contributed by atoms with E-state index in [2.05, 4.69) is 42.2 Å². The van der Waals surface area contributed by atoms with Crippen molar-refractivity contribution in [2.75, 3.05) is 72.4 Å². The fourth-order valence-electron chi connectivity index (χ4n) is 6.99. The van der Waals surface area contributed by atoms with E-state index in [0.717, 1.165) is 47.0 Å². The first-order valence-corrected chi connectivity index (χ1v) is 25.3. The quantitative estimate of drug-likeness (QED) is 0.0201. The Morgan fingerprint density at radius 2 is 1.20 bits per heavy atom. The van der Waals surface area contributed by atoms with Crippen molar-refractivity contribution in [3.05, 3.63) is 48.0 Å². The number of unbranched alkanes of at least 4 members (excludes halogenated alkanes) is 3. The third-order valence-corrected chi connectivity index (χ3v) is 11.3. The standard InChI is InChI=1S/C49H78N10O9S2/c1-3-66-28-21-43(60)57-40(46(51)63)16-7-10-24-54-47(64)41(18-12-23-52-35-50)59-48(65)42(17-8-11-26-56-49(70)55-25-9-6-13-36(2)69)58-44(61)22-29-67-31-32-68-30-27-53-45(62)34-37-19-20-38-14-4-5-15-39(38)33-37/h4-5,14-15,19-20,33,35,40-42H,3,6-13,16-18,21-32,34H2,1-2H3,(H2,50,52)(H2,51,63)(H,53,62)(H,54,64)(H,57,60)(H,58,61)(H,59,65)(H2,55,56,70). The Balaban J connectivity index is 1.88. The zero-order chi connectivity index (χ0) is 51.2. The molecule has 11 N–H and O–H groups in total. The molecule has 0 spiro atoms. The summed E-state index contributed by atoms with van der Waals surface area (Å²) in [7, 11) is 0. The van der Waals surface area contributed by atoms with Gasteiger partial charge in [-0.05, 0) is 118 Å². The highest BCUT2D eigenvalue weighted by Gasteiger charge is 2.27. The highest BCUT2D eigenvalue weighted by Crippen LogP contribution is 2.16. The van der Waals surface area contributed by atoms with Crippen LogP contribution >= 0.6 is 24.4 Å². The maximum absolute atomic E-state index is 13.9. The number of amides is 6. The van der Waals surface area contributed by atoms with Crippen LogP contribution in [0.3, 0.4) is 0 Å². The van der Waals surface area contributed by atoms with Crippen molar-refractivity contribution in [2.45, 2.75) is 122 Å². The fourth-order valence-corrected chi connectivity index (χ4v) is 7.34. The highest BCUT2D eigenvalue weighted by atomic mass is 32.1. The van der Waals surface area contributed by atoms with Gasteiger partial charge in [0.05, 0.1) is 45.8 Å². The molecule has 6 amide bonds. The van der Waals surface area contributed by atoms with Crippen LogP contribution in [0.2, 0.25) is 0 Å². The van der Waals surface area contributed by atoms with Crippen molar-refractivity contribution < 1.29 is 43.0 Å². The lowest BCUT2D eigenvalue weighted by molar-refractivity contribution is -0.132. The lowest BCUT2D eigenvalue weighted by Crippen LogP contribution is -2.54. The van der Waals surface area contributed by atoms with Gasteiger partial charge in [-0.3, -0.25) is 33.8 Å². The third kappa shape index (κ3) is 29.6. The van der Waals surface area contributed by atoms with Gasteiger partial charge in [0.15, 0.2) is 5.11 Å².